The highest BCUT2D eigenvalue weighted by molar-refractivity contribution is 7.99. The summed E-state index contributed by atoms with van der Waals surface area (Å²) in [6.45, 7) is 4.45. The van der Waals surface area contributed by atoms with E-state index in [1.54, 1.807) is 4.90 Å². The number of nitriles is 1. The van der Waals surface area contributed by atoms with Crippen LogP contribution in [0.5, 0.6) is 0 Å². The minimum atomic E-state index is -0.0298. The molecule has 29 heavy (non-hydrogen) atoms. The van der Waals surface area contributed by atoms with Crippen molar-refractivity contribution in [1.82, 2.24) is 9.55 Å². The van der Waals surface area contributed by atoms with Crippen molar-refractivity contribution in [3.63, 3.8) is 0 Å². The van der Waals surface area contributed by atoms with Gasteiger partial charge in [0.15, 0.2) is 5.16 Å². The van der Waals surface area contributed by atoms with E-state index in [1.807, 2.05) is 80.2 Å². The van der Waals surface area contributed by atoms with Crippen molar-refractivity contribution < 1.29 is 4.79 Å². The Balaban J connectivity index is 1.74. The summed E-state index contributed by atoms with van der Waals surface area (Å²) in [6, 6.07) is 18.1. The Morgan fingerprint density at radius 1 is 1.17 bits per heavy atom. The summed E-state index contributed by atoms with van der Waals surface area (Å²) in [5.74, 6) is 0.231. The fourth-order valence-electron chi connectivity index (χ4n) is 3.06. The van der Waals surface area contributed by atoms with Crippen molar-refractivity contribution in [3.05, 3.63) is 65.9 Å². The predicted octanol–water partition coefficient (Wildman–Crippen LogP) is 4.74. The third-order valence-electron chi connectivity index (χ3n) is 4.89. The van der Waals surface area contributed by atoms with Crippen LogP contribution in [0.4, 0.5) is 5.69 Å². The van der Waals surface area contributed by atoms with E-state index in [9.17, 15) is 4.79 Å². The molecule has 0 bridgehead atoms. The van der Waals surface area contributed by atoms with Crippen LogP contribution < -0.4 is 4.90 Å². The Morgan fingerprint density at radius 3 is 2.62 bits per heavy atom. The minimum absolute atomic E-state index is 0.0298. The Labute approximate surface area is 176 Å². The number of carbonyl (C=O) groups is 1. The lowest BCUT2D eigenvalue weighted by molar-refractivity contribution is -0.116. The van der Waals surface area contributed by atoms with Crippen LogP contribution in [0.3, 0.4) is 0 Å². The molecule has 1 heterocycles. The summed E-state index contributed by atoms with van der Waals surface area (Å²) in [4.78, 5) is 19.2. The van der Waals surface area contributed by atoms with Crippen molar-refractivity contribution in [2.45, 2.75) is 25.4 Å². The van der Waals surface area contributed by atoms with Crippen LogP contribution >= 0.6 is 11.8 Å². The first-order chi connectivity index (χ1) is 14.0. The van der Waals surface area contributed by atoms with Crippen molar-refractivity contribution in [3.8, 4) is 17.3 Å². The van der Waals surface area contributed by atoms with Crippen molar-refractivity contribution in [2.24, 2.45) is 7.05 Å². The first-order valence-corrected chi connectivity index (χ1v) is 10.4. The topological polar surface area (TPSA) is 61.9 Å². The second-order valence-corrected chi connectivity index (χ2v) is 7.80. The van der Waals surface area contributed by atoms with E-state index in [1.165, 1.54) is 17.3 Å². The molecule has 0 fully saturated rings. The number of nitrogens with zero attached hydrogens (tertiary/aromatic N) is 4. The summed E-state index contributed by atoms with van der Waals surface area (Å²) >= 11 is 1.41. The lowest BCUT2D eigenvalue weighted by atomic mass is 10.1. The lowest BCUT2D eigenvalue weighted by Crippen LogP contribution is -2.33. The first-order valence-electron chi connectivity index (χ1n) is 9.45. The molecule has 1 aromatic heterocycles. The highest BCUT2D eigenvalue weighted by atomic mass is 32.2. The fraction of sp³-hybridized carbons (Fsp3) is 0.261. The average Bonchev–Trinajstić information content (AvgIpc) is 3.10. The smallest absolute Gasteiger partial charge is 0.237 e. The Kier molecular flexibility index (Phi) is 6.73. The monoisotopic (exact) mass is 404 g/mol. The highest BCUT2D eigenvalue weighted by Crippen LogP contribution is 2.26. The van der Waals surface area contributed by atoms with E-state index < -0.39 is 0 Å². The molecule has 3 rings (SSSR count). The second kappa shape index (κ2) is 9.44. The van der Waals surface area contributed by atoms with Crippen LogP contribution in [0.2, 0.25) is 0 Å². The molecular weight excluding hydrogens is 380 g/mol. The molecule has 0 aliphatic carbocycles. The standard InChI is InChI=1S/C23H24N4OS/c1-17-10-11-20(14-18(17)2)27(13-7-12-24)22(28)16-29-23-25-15-21(26(23)3)19-8-5-4-6-9-19/h4-6,8-11,14-15H,7,13,16H2,1-3H3. The third kappa shape index (κ3) is 4.87. The number of amides is 1. The second-order valence-electron chi connectivity index (χ2n) is 6.86. The number of hydrogen-bond acceptors (Lipinski definition) is 4. The van der Waals surface area contributed by atoms with Crippen molar-refractivity contribution in [2.75, 3.05) is 17.2 Å². The van der Waals surface area contributed by atoms with Crippen molar-refractivity contribution >= 4 is 23.4 Å². The number of aromatic nitrogens is 2. The van der Waals surface area contributed by atoms with Gasteiger partial charge in [-0.2, -0.15) is 5.26 Å². The predicted molar refractivity (Wildman–Crippen MR) is 118 cm³/mol. The molecule has 148 valence electrons. The largest absolute Gasteiger partial charge is 0.322 e. The van der Waals surface area contributed by atoms with Gasteiger partial charge in [-0.1, -0.05) is 48.2 Å². The molecule has 0 N–H and O–H groups in total. The van der Waals surface area contributed by atoms with E-state index in [4.69, 9.17) is 5.26 Å². The Hall–Kier alpha value is -3.04. The van der Waals surface area contributed by atoms with Crippen LogP contribution in [-0.2, 0) is 11.8 Å². The quantitative estimate of drug-likeness (QED) is 0.534. The molecule has 0 aliphatic heterocycles. The maximum atomic E-state index is 13.0. The molecule has 3 aromatic rings. The van der Waals surface area contributed by atoms with Gasteiger partial charge in [0, 0.05) is 19.3 Å². The number of anilines is 1. The first kappa shape index (κ1) is 20.7. The summed E-state index contributed by atoms with van der Waals surface area (Å²) in [5, 5.41) is 9.78. The molecular formula is C23H24N4OS. The SMILES string of the molecule is Cc1ccc(N(CCC#N)C(=O)CSc2ncc(-c3ccccc3)n2C)cc1C. The Bertz CT molecular complexity index is 1040. The van der Waals surface area contributed by atoms with Gasteiger partial charge in [0.25, 0.3) is 0 Å². The molecule has 0 saturated heterocycles. The van der Waals surface area contributed by atoms with Crippen LogP contribution in [-0.4, -0.2) is 27.8 Å². The molecule has 0 unspecified atom stereocenters. The van der Waals surface area contributed by atoms with Gasteiger partial charge in [-0.3, -0.25) is 4.79 Å². The van der Waals surface area contributed by atoms with Gasteiger partial charge in [-0.25, -0.2) is 4.98 Å². The number of aryl methyl sites for hydroxylation is 2. The molecule has 0 saturated carbocycles. The average molecular weight is 405 g/mol. The summed E-state index contributed by atoms with van der Waals surface area (Å²) < 4.78 is 2.00. The van der Waals surface area contributed by atoms with E-state index in [2.05, 4.69) is 11.1 Å². The molecule has 5 nitrogen and oxygen atoms in total. The lowest BCUT2D eigenvalue weighted by Gasteiger charge is -2.22. The van der Waals surface area contributed by atoms with Crippen LogP contribution in [0.15, 0.2) is 59.9 Å². The zero-order valence-corrected chi connectivity index (χ0v) is 17.7. The van der Waals surface area contributed by atoms with E-state index in [0.29, 0.717) is 13.0 Å². The maximum absolute atomic E-state index is 13.0. The van der Waals surface area contributed by atoms with E-state index in [-0.39, 0.29) is 11.7 Å². The molecule has 0 aliphatic rings. The van der Waals surface area contributed by atoms with Crippen molar-refractivity contribution in [1.29, 1.82) is 5.26 Å². The summed E-state index contributed by atoms with van der Waals surface area (Å²) in [7, 11) is 1.96. The number of hydrogen-bond donors (Lipinski definition) is 0. The van der Waals surface area contributed by atoms with E-state index in [0.717, 1.165) is 27.7 Å². The van der Waals surface area contributed by atoms with Crippen LogP contribution in [0.1, 0.15) is 17.5 Å². The van der Waals surface area contributed by atoms with E-state index >= 15 is 0 Å². The number of imidazole rings is 1. The van der Waals surface area contributed by atoms with Crippen LogP contribution in [0, 0.1) is 25.2 Å². The molecule has 6 heteroatoms. The summed E-state index contributed by atoms with van der Waals surface area (Å²) in [6.07, 6.45) is 2.13. The number of carbonyl (C=O) groups excluding carboxylic acids is 1. The zero-order valence-electron chi connectivity index (χ0n) is 16.9. The van der Waals surface area contributed by atoms with Crippen LogP contribution in [0.25, 0.3) is 11.3 Å². The van der Waals surface area contributed by atoms with Gasteiger partial charge in [0.1, 0.15) is 0 Å². The fourth-order valence-corrected chi connectivity index (χ4v) is 3.89. The zero-order chi connectivity index (χ0) is 20.8. The Morgan fingerprint density at radius 2 is 1.93 bits per heavy atom. The van der Waals surface area contributed by atoms with Gasteiger partial charge in [0.05, 0.1) is 30.1 Å². The molecule has 2 aromatic carbocycles. The number of rotatable bonds is 7. The number of benzene rings is 2. The minimum Gasteiger partial charge on any atom is -0.322 e. The molecule has 0 spiro atoms. The van der Waals surface area contributed by atoms with Gasteiger partial charge in [-0.05, 0) is 42.7 Å². The molecule has 1 amide bonds. The summed E-state index contributed by atoms with van der Waals surface area (Å²) in [5.41, 5.74) is 5.24. The van der Waals surface area contributed by atoms with Gasteiger partial charge < -0.3 is 9.47 Å². The van der Waals surface area contributed by atoms with Gasteiger partial charge in [0.2, 0.25) is 5.91 Å². The highest BCUT2D eigenvalue weighted by Gasteiger charge is 2.18. The maximum Gasteiger partial charge on any atom is 0.237 e. The number of thioether (sulfide) groups is 1. The molecule has 0 atom stereocenters. The normalized spacial score (nSPS) is 10.6. The van der Waals surface area contributed by atoms with Gasteiger partial charge >= 0.3 is 0 Å². The van der Waals surface area contributed by atoms with Gasteiger partial charge in [-0.15, -0.1) is 0 Å². The third-order valence-corrected chi connectivity index (χ3v) is 5.92. The molecule has 0 radical (unpaired) electrons.